The lowest BCUT2D eigenvalue weighted by molar-refractivity contribution is 0.103. The summed E-state index contributed by atoms with van der Waals surface area (Å²) >= 11 is 1.63. The van der Waals surface area contributed by atoms with Crippen molar-refractivity contribution >= 4 is 22.9 Å². The summed E-state index contributed by atoms with van der Waals surface area (Å²) in [5.74, 6) is 1.37. The molecule has 0 spiro atoms. The molecule has 3 aliphatic rings. The van der Waals surface area contributed by atoms with E-state index < -0.39 is 0 Å². The Kier molecular flexibility index (Phi) is 4.10. The van der Waals surface area contributed by atoms with E-state index in [-0.39, 0.29) is 5.91 Å². The second-order valence-electron chi connectivity index (χ2n) is 7.21. The van der Waals surface area contributed by atoms with Crippen molar-refractivity contribution in [2.75, 3.05) is 18.5 Å². The molecule has 26 heavy (non-hydrogen) atoms. The van der Waals surface area contributed by atoms with Crippen LogP contribution in [0.5, 0.6) is 11.5 Å². The topological polar surface area (TPSA) is 50.8 Å². The van der Waals surface area contributed by atoms with Crippen molar-refractivity contribution in [2.24, 2.45) is 0 Å². The second-order valence-corrected chi connectivity index (χ2v) is 8.35. The number of nitrogens with one attached hydrogen (secondary N) is 1. The van der Waals surface area contributed by atoms with E-state index in [2.05, 4.69) is 16.3 Å². The van der Waals surface area contributed by atoms with E-state index >= 15 is 0 Å². The molecule has 0 radical (unpaired) electrons. The molecule has 1 saturated carbocycles. The van der Waals surface area contributed by atoms with Gasteiger partial charge in [0.05, 0.1) is 4.88 Å². The van der Waals surface area contributed by atoms with E-state index in [0.29, 0.717) is 19.0 Å². The molecule has 1 fully saturated rings. The van der Waals surface area contributed by atoms with Crippen molar-refractivity contribution in [3.05, 3.63) is 39.6 Å². The molecule has 1 N–H and O–H groups in total. The third-order valence-electron chi connectivity index (χ3n) is 5.48. The van der Waals surface area contributed by atoms with Gasteiger partial charge in [0.25, 0.3) is 5.91 Å². The van der Waals surface area contributed by atoms with Crippen LogP contribution in [-0.4, -0.2) is 30.1 Å². The van der Waals surface area contributed by atoms with Gasteiger partial charge in [-0.2, -0.15) is 0 Å². The smallest absolute Gasteiger partial charge is 0.265 e. The summed E-state index contributed by atoms with van der Waals surface area (Å²) in [4.78, 5) is 17.4. The molecule has 1 aliphatic carbocycles. The Morgan fingerprint density at radius 3 is 2.69 bits per heavy atom. The number of rotatable bonds is 3. The van der Waals surface area contributed by atoms with E-state index in [1.165, 1.54) is 36.1 Å². The van der Waals surface area contributed by atoms with E-state index in [1.54, 1.807) is 11.3 Å². The fourth-order valence-electron chi connectivity index (χ4n) is 4.15. The molecular formula is C20H22N2O3S. The van der Waals surface area contributed by atoms with Crippen LogP contribution in [0, 0.1) is 0 Å². The maximum atomic E-state index is 12.6. The molecule has 5 rings (SSSR count). The van der Waals surface area contributed by atoms with Crippen LogP contribution >= 0.6 is 11.3 Å². The molecular weight excluding hydrogens is 348 g/mol. The van der Waals surface area contributed by atoms with Crippen LogP contribution in [0.3, 0.4) is 0 Å². The highest BCUT2D eigenvalue weighted by Crippen LogP contribution is 2.37. The number of fused-ring (bicyclic) bond motifs is 2. The number of nitrogens with zero attached hydrogens (tertiary/aromatic N) is 1. The Morgan fingerprint density at radius 1 is 1.08 bits per heavy atom. The number of hydrogen-bond acceptors (Lipinski definition) is 5. The van der Waals surface area contributed by atoms with Crippen molar-refractivity contribution in [2.45, 2.75) is 44.8 Å². The van der Waals surface area contributed by atoms with Crippen LogP contribution in [0.1, 0.15) is 45.8 Å². The van der Waals surface area contributed by atoms with Crippen LogP contribution in [0.15, 0.2) is 24.3 Å². The molecule has 1 aromatic heterocycles. The maximum absolute atomic E-state index is 12.6. The van der Waals surface area contributed by atoms with E-state index in [4.69, 9.17) is 9.47 Å². The molecule has 5 nitrogen and oxygen atoms in total. The van der Waals surface area contributed by atoms with Crippen molar-refractivity contribution in [3.63, 3.8) is 0 Å². The molecule has 0 atom stereocenters. The number of anilines is 1. The first-order valence-electron chi connectivity index (χ1n) is 9.33. The first kappa shape index (κ1) is 16.1. The lowest BCUT2D eigenvalue weighted by Crippen LogP contribution is -2.27. The maximum Gasteiger partial charge on any atom is 0.265 e. The molecule has 2 aromatic rings. The molecule has 1 amide bonds. The van der Waals surface area contributed by atoms with E-state index in [1.807, 2.05) is 18.2 Å². The van der Waals surface area contributed by atoms with Gasteiger partial charge in [-0.3, -0.25) is 9.69 Å². The Bertz CT molecular complexity index is 818. The van der Waals surface area contributed by atoms with E-state index in [0.717, 1.165) is 35.4 Å². The van der Waals surface area contributed by atoms with E-state index in [9.17, 15) is 4.79 Å². The van der Waals surface area contributed by atoms with Crippen molar-refractivity contribution in [3.8, 4) is 11.5 Å². The van der Waals surface area contributed by atoms with Gasteiger partial charge in [0.15, 0.2) is 11.5 Å². The summed E-state index contributed by atoms with van der Waals surface area (Å²) in [6, 6.07) is 8.34. The van der Waals surface area contributed by atoms with Gasteiger partial charge in [0.1, 0.15) is 13.2 Å². The third-order valence-corrected chi connectivity index (χ3v) is 6.64. The lowest BCUT2D eigenvalue weighted by atomic mass is 10.2. The zero-order valence-electron chi connectivity index (χ0n) is 14.6. The number of hydrogen-bond donors (Lipinski definition) is 1. The average molecular weight is 370 g/mol. The van der Waals surface area contributed by atoms with Crippen molar-refractivity contribution < 1.29 is 14.3 Å². The fraction of sp³-hybridized carbons (Fsp3) is 0.450. The lowest BCUT2D eigenvalue weighted by Gasteiger charge is -2.22. The molecule has 3 heterocycles. The number of amides is 1. The SMILES string of the molecule is O=C(Nc1ccc2c(c1)OCCO2)c1cc2c(s1)CN(C1CCCC1)C2. The number of benzene rings is 1. The van der Waals surface area contributed by atoms with Gasteiger partial charge < -0.3 is 14.8 Å². The van der Waals surface area contributed by atoms with Gasteiger partial charge in [-0.15, -0.1) is 11.3 Å². The summed E-state index contributed by atoms with van der Waals surface area (Å²) in [5.41, 5.74) is 2.06. The highest BCUT2D eigenvalue weighted by molar-refractivity contribution is 7.14. The zero-order valence-corrected chi connectivity index (χ0v) is 15.4. The predicted molar refractivity (Wildman–Crippen MR) is 101 cm³/mol. The minimum Gasteiger partial charge on any atom is -0.486 e. The number of carbonyl (C=O) groups excluding carboxylic acids is 1. The highest BCUT2D eigenvalue weighted by atomic mass is 32.1. The summed E-state index contributed by atoms with van der Waals surface area (Å²) in [6.07, 6.45) is 5.37. The highest BCUT2D eigenvalue weighted by Gasteiger charge is 2.30. The van der Waals surface area contributed by atoms with Gasteiger partial charge in [0, 0.05) is 35.8 Å². The number of carbonyl (C=O) groups is 1. The molecule has 6 heteroatoms. The molecule has 2 aliphatic heterocycles. The van der Waals surface area contributed by atoms with Crippen LogP contribution in [-0.2, 0) is 13.1 Å². The predicted octanol–water partition coefficient (Wildman–Crippen LogP) is 4.03. The van der Waals surface area contributed by atoms with Gasteiger partial charge in [0.2, 0.25) is 0 Å². The number of thiophene rings is 1. The van der Waals surface area contributed by atoms with Crippen LogP contribution in [0.4, 0.5) is 5.69 Å². The minimum atomic E-state index is -0.0477. The zero-order chi connectivity index (χ0) is 17.5. The first-order valence-corrected chi connectivity index (χ1v) is 10.1. The molecule has 136 valence electrons. The second kappa shape index (κ2) is 6.59. The van der Waals surface area contributed by atoms with Gasteiger partial charge in [-0.25, -0.2) is 0 Å². The van der Waals surface area contributed by atoms with Crippen LogP contribution in [0.25, 0.3) is 0 Å². The Balaban J connectivity index is 1.27. The molecule has 1 aromatic carbocycles. The fourth-order valence-corrected chi connectivity index (χ4v) is 5.24. The minimum absolute atomic E-state index is 0.0477. The largest absolute Gasteiger partial charge is 0.486 e. The standard InChI is InChI=1S/C20H22N2O3S/c23-20(21-14-5-6-16-17(10-14)25-8-7-24-16)18-9-13-11-22(12-19(13)26-18)15-3-1-2-4-15/h5-6,9-10,15H,1-4,7-8,11-12H2,(H,21,23). The van der Waals surface area contributed by atoms with Gasteiger partial charge in [-0.1, -0.05) is 12.8 Å². The monoisotopic (exact) mass is 370 g/mol. The molecule has 0 unspecified atom stereocenters. The Morgan fingerprint density at radius 2 is 1.88 bits per heavy atom. The first-order chi connectivity index (χ1) is 12.8. The van der Waals surface area contributed by atoms with Gasteiger partial charge >= 0.3 is 0 Å². The average Bonchev–Trinajstić information content (AvgIpc) is 3.37. The Hall–Kier alpha value is -2.05. The molecule has 0 saturated heterocycles. The van der Waals surface area contributed by atoms with Crippen LogP contribution < -0.4 is 14.8 Å². The van der Waals surface area contributed by atoms with Crippen LogP contribution in [0.2, 0.25) is 0 Å². The van der Waals surface area contributed by atoms with Crippen molar-refractivity contribution in [1.82, 2.24) is 4.90 Å². The summed E-state index contributed by atoms with van der Waals surface area (Å²) in [5, 5.41) is 2.99. The Labute approximate surface area is 156 Å². The quantitative estimate of drug-likeness (QED) is 0.886. The number of ether oxygens (including phenoxy) is 2. The normalized spacial score (nSPS) is 19.5. The van der Waals surface area contributed by atoms with Gasteiger partial charge in [-0.05, 0) is 36.6 Å². The summed E-state index contributed by atoms with van der Waals surface area (Å²) < 4.78 is 11.1. The van der Waals surface area contributed by atoms with Crippen molar-refractivity contribution in [1.29, 1.82) is 0 Å². The summed E-state index contributed by atoms with van der Waals surface area (Å²) in [6.45, 7) is 3.10. The molecule has 0 bridgehead atoms. The summed E-state index contributed by atoms with van der Waals surface area (Å²) in [7, 11) is 0. The third kappa shape index (κ3) is 2.97.